The Morgan fingerprint density at radius 3 is 2.46 bits per heavy atom. The number of benzene rings is 2. The molecule has 0 aliphatic rings. The van der Waals surface area contributed by atoms with Gasteiger partial charge in [0.15, 0.2) is 0 Å². The molecule has 1 atom stereocenters. The Kier molecular flexibility index (Phi) is 6.51. The van der Waals surface area contributed by atoms with Gasteiger partial charge >= 0.3 is 0 Å². The van der Waals surface area contributed by atoms with Gasteiger partial charge in [0, 0.05) is 18.7 Å². The van der Waals surface area contributed by atoms with Crippen LogP contribution in [0.3, 0.4) is 0 Å². The van der Waals surface area contributed by atoms with Gasteiger partial charge in [-0.2, -0.15) is 0 Å². The number of carbonyl (C=O) groups is 1. The number of hydrogen-bond acceptors (Lipinski definition) is 6. The van der Waals surface area contributed by atoms with Crippen LogP contribution in [0.15, 0.2) is 42.5 Å². The highest BCUT2D eigenvalue weighted by molar-refractivity contribution is 5.97. The molecule has 138 valence electrons. The maximum Gasteiger partial charge on any atom is 0.270 e. The number of ether oxygens (including phenoxy) is 2. The molecule has 0 spiro atoms. The molecule has 2 aromatic rings. The van der Waals surface area contributed by atoms with Crippen LogP contribution in [0.25, 0.3) is 0 Å². The summed E-state index contributed by atoms with van der Waals surface area (Å²) in [6.45, 7) is 2.67. The molecule has 1 amide bonds. The van der Waals surface area contributed by atoms with Gasteiger partial charge < -0.3 is 20.5 Å². The van der Waals surface area contributed by atoms with Crippen LogP contribution < -0.4 is 20.5 Å². The molecule has 1 unspecified atom stereocenters. The molecule has 0 bridgehead atoms. The molecular formula is C18H21N3O5. The van der Waals surface area contributed by atoms with Crippen molar-refractivity contribution >= 4 is 11.6 Å². The molecule has 0 saturated carbocycles. The van der Waals surface area contributed by atoms with Crippen molar-refractivity contribution in [2.75, 3.05) is 20.2 Å². The summed E-state index contributed by atoms with van der Waals surface area (Å²) >= 11 is 0. The summed E-state index contributed by atoms with van der Waals surface area (Å²) in [6.07, 6.45) is 0. The molecule has 2 rings (SSSR count). The van der Waals surface area contributed by atoms with E-state index in [1.54, 1.807) is 31.4 Å². The van der Waals surface area contributed by atoms with Crippen LogP contribution in [0, 0.1) is 16.0 Å². The average molecular weight is 359 g/mol. The second-order valence-corrected chi connectivity index (χ2v) is 5.77. The number of nitro groups is 1. The first-order valence-corrected chi connectivity index (χ1v) is 8.03. The number of rotatable bonds is 8. The lowest BCUT2D eigenvalue weighted by atomic mass is 10.1. The van der Waals surface area contributed by atoms with Gasteiger partial charge in [0.05, 0.1) is 17.6 Å². The standard InChI is InChI=1S/C18H21N3O5/c1-12(10-19)11-20-18(22)16-9-13(21(23)24)3-8-17(16)26-15-6-4-14(25-2)5-7-15/h3-9,12H,10-11,19H2,1-2H3,(H,20,22). The largest absolute Gasteiger partial charge is 0.497 e. The van der Waals surface area contributed by atoms with Gasteiger partial charge in [0.2, 0.25) is 0 Å². The van der Waals surface area contributed by atoms with Gasteiger partial charge in [-0.25, -0.2) is 0 Å². The van der Waals surface area contributed by atoms with E-state index in [1.165, 1.54) is 18.2 Å². The van der Waals surface area contributed by atoms with E-state index in [0.29, 0.717) is 24.6 Å². The Labute approximate surface area is 151 Å². The summed E-state index contributed by atoms with van der Waals surface area (Å²) in [5.74, 6) is 0.985. The number of hydrogen-bond donors (Lipinski definition) is 2. The van der Waals surface area contributed by atoms with Crippen LogP contribution in [0.2, 0.25) is 0 Å². The highest BCUT2D eigenvalue weighted by atomic mass is 16.6. The lowest BCUT2D eigenvalue weighted by Crippen LogP contribution is -2.31. The smallest absolute Gasteiger partial charge is 0.270 e. The lowest BCUT2D eigenvalue weighted by Gasteiger charge is -2.13. The van der Waals surface area contributed by atoms with Crippen LogP contribution in [0.1, 0.15) is 17.3 Å². The quantitative estimate of drug-likeness (QED) is 0.553. The van der Waals surface area contributed by atoms with Crippen molar-refractivity contribution < 1.29 is 19.2 Å². The van der Waals surface area contributed by atoms with Crippen molar-refractivity contribution in [1.29, 1.82) is 0 Å². The van der Waals surface area contributed by atoms with Gasteiger partial charge in [-0.05, 0) is 42.8 Å². The van der Waals surface area contributed by atoms with E-state index in [4.69, 9.17) is 15.2 Å². The second-order valence-electron chi connectivity index (χ2n) is 5.77. The molecule has 0 heterocycles. The third-order valence-corrected chi connectivity index (χ3v) is 3.72. The number of methoxy groups -OCH3 is 1. The van der Waals surface area contributed by atoms with Crippen LogP contribution in [0.5, 0.6) is 17.2 Å². The van der Waals surface area contributed by atoms with Crippen molar-refractivity contribution in [2.24, 2.45) is 11.7 Å². The fraction of sp³-hybridized carbons (Fsp3) is 0.278. The number of nitrogens with zero attached hydrogens (tertiary/aromatic N) is 1. The Morgan fingerprint density at radius 1 is 1.23 bits per heavy atom. The molecule has 2 aromatic carbocycles. The SMILES string of the molecule is COc1ccc(Oc2ccc([N+](=O)[O-])cc2C(=O)NCC(C)CN)cc1. The van der Waals surface area contributed by atoms with Crippen molar-refractivity contribution in [2.45, 2.75) is 6.92 Å². The molecule has 3 N–H and O–H groups in total. The monoisotopic (exact) mass is 359 g/mol. The first kappa shape index (κ1) is 19.2. The average Bonchev–Trinajstić information content (AvgIpc) is 2.66. The highest BCUT2D eigenvalue weighted by Crippen LogP contribution is 2.29. The third kappa shape index (κ3) is 4.93. The van der Waals surface area contributed by atoms with Gasteiger partial charge in [0.1, 0.15) is 17.2 Å². The second kappa shape index (κ2) is 8.82. The van der Waals surface area contributed by atoms with Crippen molar-refractivity contribution in [3.8, 4) is 17.2 Å². The summed E-state index contributed by atoms with van der Waals surface area (Å²) in [6, 6.07) is 10.7. The Balaban J connectivity index is 2.28. The molecule has 0 aliphatic heterocycles. The molecule has 8 heteroatoms. The molecule has 0 fully saturated rings. The number of non-ortho nitro benzene ring substituents is 1. The maximum atomic E-state index is 12.5. The summed E-state index contributed by atoms with van der Waals surface area (Å²) in [7, 11) is 1.55. The minimum atomic E-state index is -0.559. The molecule has 0 aliphatic carbocycles. The van der Waals surface area contributed by atoms with Gasteiger partial charge in [-0.1, -0.05) is 6.92 Å². The Morgan fingerprint density at radius 2 is 1.88 bits per heavy atom. The number of carbonyl (C=O) groups excluding carboxylic acids is 1. The molecule has 0 aromatic heterocycles. The zero-order chi connectivity index (χ0) is 19.1. The van der Waals surface area contributed by atoms with E-state index in [2.05, 4.69) is 5.32 Å². The number of nitrogens with two attached hydrogens (primary N) is 1. The topological polar surface area (TPSA) is 117 Å². The number of amides is 1. The zero-order valence-corrected chi connectivity index (χ0v) is 14.6. The molecule has 0 saturated heterocycles. The summed E-state index contributed by atoms with van der Waals surface area (Å²) < 4.78 is 10.8. The Bertz CT molecular complexity index is 777. The van der Waals surface area contributed by atoms with E-state index in [9.17, 15) is 14.9 Å². The van der Waals surface area contributed by atoms with Crippen molar-refractivity contribution in [1.82, 2.24) is 5.32 Å². The maximum absolute atomic E-state index is 12.5. The van der Waals surface area contributed by atoms with E-state index in [0.717, 1.165) is 0 Å². The van der Waals surface area contributed by atoms with Crippen LogP contribution in [-0.4, -0.2) is 31.0 Å². The van der Waals surface area contributed by atoms with Crippen molar-refractivity contribution in [3.05, 3.63) is 58.1 Å². The van der Waals surface area contributed by atoms with E-state index >= 15 is 0 Å². The van der Waals surface area contributed by atoms with Crippen molar-refractivity contribution in [3.63, 3.8) is 0 Å². The summed E-state index contributed by atoms with van der Waals surface area (Å²) in [4.78, 5) is 22.9. The van der Waals surface area contributed by atoms with E-state index < -0.39 is 10.8 Å². The fourth-order valence-corrected chi connectivity index (χ4v) is 2.11. The van der Waals surface area contributed by atoms with E-state index in [1.807, 2.05) is 6.92 Å². The Hall–Kier alpha value is -3.13. The highest BCUT2D eigenvalue weighted by Gasteiger charge is 2.19. The number of nitro benzene ring substituents is 1. The van der Waals surface area contributed by atoms with Crippen LogP contribution in [-0.2, 0) is 0 Å². The number of nitrogens with one attached hydrogen (secondary N) is 1. The van der Waals surface area contributed by atoms with Gasteiger partial charge in [0.25, 0.3) is 11.6 Å². The minimum absolute atomic E-state index is 0.0826. The summed E-state index contributed by atoms with van der Waals surface area (Å²) in [5, 5.41) is 13.7. The molecule has 26 heavy (non-hydrogen) atoms. The predicted molar refractivity (Wildman–Crippen MR) is 96.7 cm³/mol. The zero-order valence-electron chi connectivity index (χ0n) is 14.6. The van der Waals surface area contributed by atoms with Crippen LogP contribution in [0.4, 0.5) is 5.69 Å². The van der Waals surface area contributed by atoms with Gasteiger partial charge in [-0.15, -0.1) is 0 Å². The fourth-order valence-electron chi connectivity index (χ4n) is 2.11. The predicted octanol–water partition coefficient (Wildman–Crippen LogP) is 2.72. The minimum Gasteiger partial charge on any atom is -0.497 e. The molecule has 0 radical (unpaired) electrons. The molecular weight excluding hydrogens is 338 g/mol. The third-order valence-electron chi connectivity index (χ3n) is 3.72. The van der Waals surface area contributed by atoms with Gasteiger partial charge in [-0.3, -0.25) is 14.9 Å². The normalized spacial score (nSPS) is 11.5. The lowest BCUT2D eigenvalue weighted by molar-refractivity contribution is -0.384. The van der Waals surface area contributed by atoms with E-state index in [-0.39, 0.29) is 22.9 Å². The van der Waals surface area contributed by atoms with Crippen LogP contribution >= 0.6 is 0 Å². The molecule has 8 nitrogen and oxygen atoms in total. The first-order valence-electron chi connectivity index (χ1n) is 8.03. The summed E-state index contributed by atoms with van der Waals surface area (Å²) in [5.41, 5.74) is 5.43. The first-order chi connectivity index (χ1) is 12.4.